The molecular weight excluding hydrogens is 774 g/mol. The highest BCUT2D eigenvalue weighted by Gasteiger charge is 2.19. The molecule has 0 saturated heterocycles. The lowest BCUT2D eigenvalue weighted by Gasteiger charge is -2.09. The third kappa shape index (κ3) is 12.3. The molecule has 0 amide bonds. The van der Waals surface area contributed by atoms with Crippen LogP contribution in [0.1, 0.15) is 52.2 Å². The van der Waals surface area contributed by atoms with Crippen molar-refractivity contribution in [3.8, 4) is 29.8 Å². The molecule has 6 heterocycles. The highest BCUT2D eigenvalue weighted by molar-refractivity contribution is 5.83. The number of ether oxygens (including phenoxy) is 5. The summed E-state index contributed by atoms with van der Waals surface area (Å²) in [6, 6.07) is 7.09. The topological polar surface area (TPSA) is 332 Å². The monoisotopic (exact) mass is 823 g/mol. The molecule has 0 aliphatic heterocycles. The second kappa shape index (κ2) is 21.9. The zero-order valence-corrected chi connectivity index (χ0v) is 31.0. The van der Waals surface area contributed by atoms with E-state index in [0.717, 1.165) is 18.4 Å². The van der Waals surface area contributed by atoms with Crippen molar-refractivity contribution < 1.29 is 43.5 Å². The quantitative estimate of drug-likeness (QED) is 0.0637. The number of carbonyl (C=O) groups is 2. The van der Waals surface area contributed by atoms with E-state index in [9.17, 15) is 14.4 Å². The zero-order valence-electron chi connectivity index (χ0n) is 31.0. The van der Waals surface area contributed by atoms with Crippen LogP contribution >= 0.6 is 0 Å². The molecule has 0 aliphatic rings. The Balaban J connectivity index is 0.000000305. The van der Waals surface area contributed by atoms with Crippen molar-refractivity contribution in [2.75, 3.05) is 51.5 Å². The largest absolute Gasteiger partial charge is 0.479 e. The van der Waals surface area contributed by atoms with E-state index in [1.807, 2.05) is 0 Å². The van der Waals surface area contributed by atoms with Gasteiger partial charge in [-0.15, -0.1) is 0 Å². The predicted octanol–water partition coefficient (Wildman–Crippen LogP) is 2.11. The molecule has 9 N–H and O–H groups in total. The molecule has 0 atom stereocenters. The van der Waals surface area contributed by atoms with Gasteiger partial charge in [0.2, 0.25) is 11.8 Å². The summed E-state index contributed by atoms with van der Waals surface area (Å²) in [4.78, 5) is 65.4. The SMILES string of the molecule is C.C.CCCCOc1nc(N)c2nc(OC)n(Cc3ccc(OCC(=O)O)nc3)c2n1.NCCCOc1nc(N)c2[nH]c(=O)n(Cc3ccc(OCC(=O)O)nc3)c2n1. The predicted molar refractivity (Wildman–Crippen MR) is 215 cm³/mol. The van der Waals surface area contributed by atoms with Crippen molar-refractivity contribution in [2.45, 2.75) is 54.1 Å². The van der Waals surface area contributed by atoms with Gasteiger partial charge in [0, 0.05) is 24.5 Å². The van der Waals surface area contributed by atoms with Crippen LogP contribution in [0.25, 0.3) is 22.3 Å². The molecule has 0 aromatic carbocycles. The van der Waals surface area contributed by atoms with E-state index in [-0.39, 0.29) is 56.8 Å². The number of methoxy groups -OCH3 is 1. The number of anilines is 2. The minimum absolute atomic E-state index is 0. The summed E-state index contributed by atoms with van der Waals surface area (Å²) in [6.45, 7) is 2.91. The number of nitrogens with one attached hydrogen (secondary N) is 1. The highest BCUT2D eigenvalue weighted by Crippen LogP contribution is 2.27. The van der Waals surface area contributed by atoms with Crippen LogP contribution in [0.15, 0.2) is 41.5 Å². The van der Waals surface area contributed by atoms with E-state index < -0.39 is 30.8 Å². The number of nitrogens with two attached hydrogens (primary N) is 3. The number of nitrogen functional groups attached to an aromatic ring is 2. The third-order valence-corrected chi connectivity index (χ3v) is 7.65. The van der Waals surface area contributed by atoms with E-state index >= 15 is 0 Å². The number of aromatic nitrogens is 10. The van der Waals surface area contributed by atoms with Crippen LogP contribution in [-0.4, -0.2) is 111 Å². The first-order chi connectivity index (χ1) is 27.5. The smallest absolute Gasteiger partial charge is 0.341 e. The maximum atomic E-state index is 12.3. The van der Waals surface area contributed by atoms with Crippen LogP contribution in [-0.2, 0) is 22.7 Å². The fraction of sp³-hybridized carbons (Fsp3) is 0.389. The molecule has 23 heteroatoms. The lowest BCUT2D eigenvalue weighted by molar-refractivity contribution is -0.140. The van der Waals surface area contributed by atoms with Crippen LogP contribution in [0.5, 0.6) is 29.8 Å². The number of aromatic amines is 1. The Hall–Kier alpha value is -7.30. The van der Waals surface area contributed by atoms with Crippen LogP contribution in [0, 0.1) is 0 Å². The van der Waals surface area contributed by atoms with Gasteiger partial charge in [-0.2, -0.15) is 24.9 Å². The molecule has 0 fully saturated rings. The van der Waals surface area contributed by atoms with Crippen molar-refractivity contribution in [3.63, 3.8) is 0 Å². The van der Waals surface area contributed by atoms with E-state index in [1.54, 1.807) is 29.0 Å². The van der Waals surface area contributed by atoms with Crippen molar-refractivity contribution in [2.24, 2.45) is 5.73 Å². The number of carboxylic acid groups (broad SMARTS) is 2. The van der Waals surface area contributed by atoms with Gasteiger partial charge in [-0.1, -0.05) is 40.3 Å². The number of nitrogens with zero attached hydrogens (tertiary/aromatic N) is 9. The van der Waals surface area contributed by atoms with Crippen molar-refractivity contribution in [1.29, 1.82) is 0 Å². The number of pyridine rings is 2. The maximum Gasteiger partial charge on any atom is 0.341 e. The first kappa shape index (κ1) is 46.1. The maximum absolute atomic E-state index is 12.3. The van der Waals surface area contributed by atoms with Gasteiger partial charge in [0.1, 0.15) is 5.52 Å². The molecule has 0 radical (unpaired) electrons. The van der Waals surface area contributed by atoms with Crippen LogP contribution < -0.4 is 46.6 Å². The number of fused-ring (bicyclic) bond motifs is 2. The Morgan fingerprint density at radius 1 is 0.746 bits per heavy atom. The normalized spacial score (nSPS) is 10.5. The van der Waals surface area contributed by atoms with E-state index in [4.69, 9.17) is 51.1 Å². The molecular formula is C36H49N13O10. The Kier molecular flexibility index (Phi) is 17.1. The van der Waals surface area contributed by atoms with E-state index in [0.29, 0.717) is 66.6 Å². The zero-order chi connectivity index (χ0) is 40.9. The first-order valence-electron chi connectivity index (χ1n) is 17.4. The van der Waals surface area contributed by atoms with Gasteiger partial charge in [0.05, 0.1) is 33.4 Å². The van der Waals surface area contributed by atoms with Crippen LogP contribution in [0.4, 0.5) is 11.6 Å². The van der Waals surface area contributed by atoms with Crippen LogP contribution in [0.2, 0.25) is 0 Å². The van der Waals surface area contributed by atoms with Gasteiger partial charge in [0.25, 0.3) is 6.01 Å². The minimum atomic E-state index is -1.10. The fourth-order valence-corrected chi connectivity index (χ4v) is 4.96. The highest BCUT2D eigenvalue weighted by atomic mass is 16.5. The van der Waals surface area contributed by atoms with Crippen molar-refractivity contribution in [3.05, 3.63) is 58.3 Å². The van der Waals surface area contributed by atoms with E-state index in [2.05, 4.69) is 46.8 Å². The number of aliphatic carboxylic acids is 2. The molecule has 0 aliphatic carbocycles. The van der Waals surface area contributed by atoms with Crippen molar-refractivity contribution in [1.82, 2.24) is 49.0 Å². The summed E-state index contributed by atoms with van der Waals surface area (Å²) in [7, 11) is 1.50. The molecule has 6 aromatic heterocycles. The van der Waals surface area contributed by atoms with Gasteiger partial charge >= 0.3 is 29.6 Å². The van der Waals surface area contributed by atoms with Gasteiger partial charge < -0.3 is 56.1 Å². The van der Waals surface area contributed by atoms with Gasteiger partial charge in [-0.25, -0.2) is 24.4 Å². The number of hydrogen-bond acceptors (Lipinski definition) is 18. The molecule has 59 heavy (non-hydrogen) atoms. The summed E-state index contributed by atoms with van der Waals surface area (Å²) in [6.07, 6.45) is 5.55. The Morgan fingerprint density at radius 3 is 1.80 bits per heavy atom. The molecule has 0 unspecified atom stereocenters. The summed E-state index contributed by atoms with van der Waals surface area (Å²) in [5.74, 6) is -1.48. The lowest BCUT2D eigenvalue weighted by atomic mass is 10.3. The number of imidazole rings is 2. The van der Waals surface area contributed by atoms with Crippen molar-refractivity contribution >= 4 is 45.9 Å². The molecule has 318 valence electrons. The Labute approximate surface area is 337 Å². The van der Waals surface area contributed by atoms with Gasteiger partial charge in [0.15, 0.2) is 41.7 Å². The standard InChI is InChI=1S/C18H22N6O5.C16H19N7O5.2CH4/c1-3-4-7-28-17-22-15(19)14-16(23-17)24(18(21-14)27-2)9-11-5-6-12(20-8-11)29-10-13(25)26;17-4-1-5-27-15-21-13(18)12-14(22-15)23(16(26)20-12)7-9-2-3-10(19-6-9)28-8-11(24)25;;/h5-6,8H,3-4,7,9-10H2,1-2H3,(H,25,26)(H2,19,22,23);2-3,6H,1,4-5,7-8,17H2,(H,20,26)(H,24,25)(H2,18,21,22);2*1H4. The third-order valence-electron chi connectivity index (χ3n) is 7.65. The van der Waals surface area contributed by atoms with Gasteiger partial charge in [-0.3, -0.25) is 9.13 Å². The average Bonchev–Trinajstić information content (AvgIpc) is 3.71. The fourth-order valence-electron chi connectivity index (χ4n) is 4.96. The summed E-state index contributed by atoms with van der Waals surface area (Å²) >= 11 is 0. The molecule has 0 spiro atoms. The van der Waals surface area contributed by atoms with E-state index in [1.165, 1.54) is 23.9 Å². The summed E-state index contributed by atoms with van der Waals surface area (Å²) in [5.41, 5.74) is 19.9. The summed E-state index contributed by atoms with van der Waals surface area (Å²) < 4.78 is 29.5. The Bertz CT molecular complexity index is 2350. The molecule has 23 nitrogen and oxygen atoms in total. The molecule has 6 rings (SSSR count). The molecule has 0 bridgehead atoms. The number of hydrogen-bond donors (Lipinski definition) is 6. The number of unbranched alkanes of at least 4 members (excludes halogenated alkanes) is 1. The lowest BCUT2D eigenvalue weighted by Crippen LogP contribution is -2.18. The molecule has 6 aromatic rings. The average molecular weight is 824 g/mol. The number of H-pyrrole nitrogens is 1. The number of carboxylic acids is 2. The van der Waals surface area contributed by atoms with Gasteiger partial charge in [-0.05, 0) is 30.5 Å². The second-order valence-electron chi connectivity index (χ2n) is 11.9. The second-order valence-corrected chi connectivity index (χ2v) is 11.9. The minimum Gasteiger partial charge on any atom is -0.479 e. The first-order valence-corrected chi connectivity index (χ1v) is 17.4. The molecule has 0 saturated carbocycles. The summed E-state index contributed by atoms with van der Waals surface area (Å²) in [5, 5.41) is 17.3. The number of rotatable bonds is 19. The Morgan fingerprint density at radius 2 is 1.29 bits per heavy atom. The van der Waals surface area contributed by atoms with Crippen LogP contribution in [0.3, 0.4) is 0 Å².